The first-order chi connectivity index (χ1) is 14.6. The first kappa shape index (κ1) is 20.1. The fourth-order valence-electron chi connectivity index (χ4n) is 3.44. The van der Waals surface area contributed by atoms with E-state index < -0.39 is 0 Å². The third-order valence-corrected chi connectivity index (χ3v) is 5.07. The van der Waals surface area contributed by atoms with Gasteiger partial charge in [-0.3, -0.25) is 4.79 Å². The summed E-state index contributed by atoms with van der Waals surface area (Å²) in [5.74, 6) is 0.531. The normalized spacial score (nSPS) is 16.8. The molecule has 4 heterocycles. The Morgan fingerprint density at radius 1 is 1.17 bits per heavy atom. The minimum atomic E-state index is -0.335. The molecule has 3 aromatic rings. The third-order valence-electron chi connectivity index (χ3n) is 5.07. The number of nitrogens with zero attached hydrogens (tertiary/aromatic N) is 4. The molecule has 1 saturated heterocycles. The average Bonchev–Trinajstić information content (AvgIpc) is 3.39. The number of likely N-dealkylation sites (tertiary alicyclic amines) is 1. The fourth-order valence-corrected chi connectivity index (χ4v) is 3.44. The van der Waals surface area contributed by atoms with Crippen LogP contribution in [-0.2, 0) is 6.54 Å². The molecule has 2 bridgehead atoms. The first-order valence-electron chi connectivity index (χ1n) is 10.1. The van der Waals surface area contributed by atoms with Crippen molar-refractivity contribution in [3.8, 4) is 5.75 Å². The third kappa shape index (κ3) is 4.68. The molecule has 1 aromatic carbocycles. The van der Waals surface area contributed by atoms with Gasteiger partial charge in [0, 0.05) is 18.3 Å². The highest BCUT2D eigenvalue weighted by Gasteiger charge is 2.15. The van der Waals surface area contributed by atoms with Crippen LogP contribution in [0.15, 0.2) is 36.7 Å². The SMILES string of the molecule is CN1CCCC1.O=C1NCCOc2ccc(F)cc2CNc2ccn3ncc1c3n2. The fraction of sp³-hybridized carbons (Fsp3) is 0.381. The van der Waals surface area contributed by atoms with E-state index in [4.69, 9.17) is 4.74 Å². The summed E-state index contributed by atoms with van der Waals surface area (Å²) in [6.45, 7) is 3.58. The molecular formula is C21H25FN6O2. The molecule has 9 heteroatoms. The molecule has 1 fully saturated rings. The highest BCUT2D eigenvalue weighted by molar-refractivity contribution is 5.99. The summed E-state index contributed by atoms with van der Waals surface area (Å²) in [6, 6.07) is 6.08. The quantitative estimate of drug-likeness (QED) is 0.590. The van der Waals surface area contributed by atoms with Crippen molar-refractivity contribution in [1.29, 1.82) is 0 Å². The summed E-state index contributed by atoms with van der Waals surface area (Å²) in [7, 11) is 2.17. The summed E-state index contributed by atoms with van der Waals surface area (Å²) in [5.41, 5.74) is 1.52. The van der Waals surface area contributed by atoms with Gasteiger partial charge in [0.05, 0.1) is 12.7 Å². The Bertz CT molecular complexity index is 1030. The number of amides is 1. The lowest BCUT2D eigenvalue weighted by Gasteiger charge is -2.12. The van der Waals surface area contributed by atoms with E-state index in [1.165, 1.54) is 48.8 Å². The van der Waals surface area contributed by atoms with Crippen LogP contribution in [0.2, 0.25) is 0 Å². The second-order valence-electron chi connectivity index (χ2n) is 7.36. The number of ether oxygens (including phenoxy) is 1. The molecule has 0 saturated carbocycles. The lowest BCUT2D eigenvalue weighted by atomic mass is 10.2. The van der Waals surface area contributed by atoms with Crippen molar-refractivity contribution >= 4 is 17.4 Å². The lowest BCUT2D eigenvalue weighted by molar-refractivity contribution is 0.0948. The summed E-state index contributed by atoms with van der Waals surface area (Å²) in [5, 5.41) is 10.0. The first-order valence-corrected chi connectivity index (χ1v) is 10.1. The maximum Gasteiger partial charge on any atom is 0.256 e. The van der Waals surface area contributed by atoms with Crippen LogP contribution < -0.4 is 15.4 Å². The van der Waals surface area contributed by atoms with Gasteiger partial charge in [0.15, 0.2) is 5.65 Å². The molecule has 2 aliphatic rings. The molecule has 8 nitrogen and oxygen atoms in total. The molecular weight excluding hydrogens is 387 g/mol. The molecule has 0 spiro atoms. The maximum atomic E-state index is 13.5. The van der Waals surface area contributed by atoms with E-state index in [1.54, 1.807) is 18.3 Å². The Morgan fingerprint density at radius 3 is 2.77 bits per heavy atom. The number of rotatable bonds is 0. The van der Waals surface area contributed by atoms with Crippen LogP contribution in [0.3, 0.4) is 0 Å². The van der Waals surface area contributed by atoms with Gasteiger partial charge in [-0.15, -0.1) is 0 Å². The van der Waals surface area contributed by atoms with Crippen LogP contribution in [0.1, 0.15) is 28.8 Å². The number of benzene rings is 1. The molecule has 30 heavy (non-hydrogen) atoms. The van der Waals surface area contributed by atoms with Crippen LogP contribution >= 0.6 is 0 Å². The molecule has 5 rings (SSSR count). The number of nitrogens with one attached hydrogen (secondary N) is 2. The number of aromatic nitrogens is 3. The van der Waals surface area contributed by atoms with Crippen molar-refractivity contribution in [2.75, 3.05) is 38.6 Å². The van der Waals surface area contributed by atoms with E-state index >= 15 is 0 Å². The molecule has 2 aromatic heterocycles. The van der Waals surface area contributed by atoms with E-state index in [2.05, 4.69) is 32.7 Å². The predicted octanol–water partition coefficient (Wildman–Crippen LogP) is 2.31. The second-order valence-corrected chi connectivity index (χ2v) is 7.36. The van der Waals surface area contributed by atoms with Gasteiger partial charge >= 0.3 is 0 Å². The van der Waals surface area contributed by atoms with Gasteiger partial charge in [0.1, 0.15) is 29.6 Å². The van der Waals surface area contributed by atoms with Crippen LogP contribution in [0, 0.1) is 5.82 Å². The Kier molecular flexibility index (Phi) is 6.08. The predicted molar refractivity (Wildman–Crippen MR) is 111 cm³/mol. The summed E-state index contributed by atoms with van der Waals surface area (Å²) in [6.07, 6.45) is 6.02. The number of anilines is 1. The zero-order valence-electron chi connectivity index (χ0n) is 16.9. The van der Waals surface area contributed by atoms with E-state index in [1.807, 2.05) is 0 Å². The van der Waals surface area contributed by atoms with E-state index in [-0.39, 0.29) is 18.3 Å². The number of carbonyl (C=O) groups is 1. The van der Waals surface area contributed by atoms with Crippen molar-refractivity contribution in [3.05, 3.63) is 53.6 Å². The lowest BCUT2D eigenvalue weighted by Crippen LogP contribution is -2.28. The number of halogens is 1. The topological polar surface area (TPSA) is 83.8 Å². The second kappa shape index (κ2) is 9.08. The Balaban J connectivity index is 0.000000313. The zero-order valence-corrected chi connectivity index (χ0v) is 16.9. The number of fused-ring (bicyclic) bond motifs is 2. The van der Waals surface area contributed by atoms with Crippen LogP contribution in [0.25, 0.3) is 5.65 Å². The Labute approximate surface area is 174 Å². The highest BCUT2D eigenvalue weighted by atomic mass is 19.1. The molecule has 0 atom stereocenters. The average molecular weight is 412 g/mol. The molecule has 0 aliphatic carbocycles. The highest BCUT2D eigenvalue weighted by Crippen LogP contribution is 2.21. The van der Waals surface area contributed by atoms with Gasteiger partial charge in [-0.05, 0) is 57.2 Å². The summed E-state index contributed by atoms with van der Waals surface area (Å²) in [4.78, 5) is 19.0. The number of hydrogen-bond donors (Lipinski definition) is 2. The van der Waals surface area contributed by atoms with Gasteiger partial charge < -0.3 is 20.3 Å². The van der Waals surface area contributed by atoms with Crippen molar-refractivity contribution < 1.29 is 13.9 Å². The minimum absolute atomic E-state index is 0.267. The monoisotopic (exact) mass is 412 g/mol. The standard InChI is InChI=1S/C16H14FN5O2.C5H11N/c17-11-1-2-13-10(7-11)8-19-14-3-5-22-15(21-14)12(9-20-22)16(23)18-4-6-24-13;1-6-4-2-3-5-6/h1-3,5,7,9H,4,6,8H2,(H,18,23)(H,19,21);2-5H2,1H3. The smallest absolute Gasteiger partial charge is 0.256 e. The summed E-state index contributed by atoms with van der Waals surface area (Å²) < 4.78 is 20.7. The van der Waals surface area contributed by atoms with Gasteiger partial charge in [-0.2, -0.15) is 5.10 Å². The van der Waals surface area contributed by atoms with Crippen molar-refractivity contribution in [2.45, 2.75) is 19.4 Å². The van der Waals surface area contributed by atoms with Gasteiger partial charge in [0.2, 0.25) is 0 Å². The zero-order chi connectivity index (χ0) is 20.9. The van der Waals surface area contributed by atoms with Crippen molar-refractivity contribution in [1.82, 2.24) is 24.8 Å². The molecule has 0 radical (unpaired) electrons. The maximum absolute atomic E-state index is 13.5. The van der Waals surface area contributed by atoms with E-state index in [9.17, 15) is 9.18 Å². The van der Waals surface area contributed by atoms with Crippen LogP contribution in [0.4, 0.5) is 10.2 Å². The van der Waals surface area contributed by atoms with Crippen molar-refractivity contribution in [2.24, 2.45) is 0 Å². The Morgan fingerprint density at radius 2 is 2.00 bits per heavy atom. The van der Waals surface area contributed by atoms with Gasteiger partial charge in [0.25, 0.3) is 5.91 Å². The van der Waals surface area contributed by atoms with Crippen LogP contribution in [0.5, 0.6) is 5.75 Å². The largest absolute Gasteiger partial charge is 0.491 e. The molecule has 2 N–H and O–H groups in total. The molecule has 0 unspecified atom stereocenters. The molecule has 1 amide bonds. The number of hydrogen-bond acceptors (Lipinski definition) is 6. The Hall–Kier alpha value is -3.20. The number of carbonyl (C=O) groups excluding carboxylic acids is 1. The van der Waals surface area contributed by atoms with Gasteiger partial charge in [-0.1, -0.05) is 0 Å². The molecule has 2 aliphatic heterocycles. The van der Waals surface area contributed by atoms with Gasteiger partial charge in [-0.25, -0.2) is 13.9 Å². The van der Waals surface area contributed by atoms with Crippen LogP contribution in [-0.4, -0.2) is 58.7 Å². The van der Waals surface area contributed by atoms with E-state index in [0.717, 1.165) is 0 Å². The molecule has 158 valence electrons. The van der Waals surface area contributed by atoms with E-state index in [0.29, 0.717) is 41.4 Å². The van der Waals surface area contributed by atoms with Crippen molar-refractivity contribution in [3.63, 3.8) is 0 Å². The minimum Gasteiger partial charge on any atom is -0.491 e. The summed E-state index contributed by atoms with van der Waals surface area (Å²) >= 11 is 0.